The van der Waals surface area contributed by atoms with Gasteiger partial charge in [-0.1, -0.05) is 23.7 Å². The highest BCUT2D eigenvalue weighted by Gasteiger charge is 2.11. The van der Waals surface area contributed by atoms with Crippen LogP contribution in [0.2, 0.25) is 5.02 Å². The lowest BCUT2D eigenvalue weighted by molar-refractivity contribution is 0.507. The van der Waals surface area contributed by atoms with Crippen LogP contribution in [0.3, 0.4) is 0 Å². The van der Waals surface area contributed by atoms with E-state index in [1.807, 2.05) is 12.1 Å². The van der Waals surface area contributed by atoms with Crippen molar-refractivity contribution in [3.63, 3.8) is 0 Å². The number of sulfone groups is 1. The van der Waals surface area contributed by atoms with E-state index in [1.165, 1.54) is 6.26 Å². The Morgan fingerprint density at radius 2 is 1.94 bits per heavy atom. The Hall–Kier alpha value is -0.620. The van der Waals surface area contributed by atoms with Gasteiger partial charge in [0.15, 0.2) is 0 Å². The van der Waals surface area contributed by atoms with Crippen molar-refractivity contribution in [2.45, 2.75) is 18.9 Å². The predicted octanol–water partition coefficient (Wildman–Crippen LogP) is 1.67. The summed E-state index contributed by atoms with van der Waals surface area (Å²) in [7, 11) is -2.91. The van der Waals surface area contributed by atoms with Gasteiger partial charge in [0.2, 0.25) is 0 Å². The van der Waals surface area contributed by atoms with Crippen LogP contribution >= 0.6 is 11.6 Å². The van der Waals surface area contributed by atoms with Crippen LogP contribution in [0.15, 0.2) is 24.3 Å². The van der Waals surface area contributed by atoms with Crippen LogP contribution in [0.5, 0.6) is 0 Å². The summed E-state index contributed by atoms with van der Waals surface area (Å²) in [5, 5.41) is 0.667. The van der Waals surface area contributed by atoms with Crippen LogP contribution in [-0.4, -0.2) is 20.4 Å². The van der Waals surface area contributed by atoms with Crippen molar-refractivity contribution in [1.29, 1.82) is 0 Å². The van der Waals surface area contributed by atoms with Gasteiger partial charge < -0.3 is 0 Å². The molecule has 0 spiro atoms. The number of halogens is 1. The third-order valence-corrected chi connectivity index (χ3v) is 3.76. The van der Waals surface area contributed by atoms with E-state index in [9.17, 15) is 8.42 Å². The van der Waals surface area contributed by atoms with E-state index in [1.54, 1.807) is 12.1 Å². The molecule has 6 heteroatoms. The Morgan fingerprint density at radius 3 is 2.41 bits per heavy atom. The van der Waals surface area contributed by atoms with Crippen molar-refractivity contribution in [3.05, 3.63) is 34.9 Å². The molecule has 0 amide bonds. The van der Waals surface area contributed by atoms with Gasteiger partial charge >= 0.3 is 0 Å². The van der Waals surface area contributed by atoms with Gasteiger partial charge in [0.1, 0.15) is 9.84 Å². The second-order valence-electron chi connectivity index (χ2n) is 4.04. The maximum Gasteiger partial charge on any atom is 0.147 e. The smallest absolute Gasteiger partial charge is 0.147 e. The molecule has 1 aromatic rings. The second-order valence-corrected chi connectivity index (χ2v) is 6.74. The quantitative estimate of drug-likeness (QED) is 0.612. The third-order valence-electron chi connectivity index (χ3n) is 2.48. The van der Waals surface area contributed by atoms with Crippen molar-refractivity contribution in [2.24, 2.45) is 5.84 Å². The molecule has 0 bridgehead atoms. The van der Waals surface area contributed by atoms with Crippen molar-refractivity contribution >= 4 is 21.4 Å². The fraction of sp³-hybridized carbons (Fsp3) is 0.455. The van der Waals surface area contributed by atoms with Gasteiger partial charge in [-0.25, -0.2) is 8.42 Å². The molecule has 1 rings (SSSR count). The number of nitrogens with two attached hydrogens (primary N) is 1. The summed E-state index contributed by atoms with van der Waals surface area (Å²) >= 11 is 5.79. The van der Waals surface area contributed by atoms with E-state index in [4.69, 9.17) is 17.4 Å². The monoisotopic (exact) mass is 276 g/mol. The molecule has 1 atom stereocenters. The fourth-order valence-electron chi connectivity index (χ4n) is 1.59. The standard InChI is InChI=1S/C11H17ClN2O2S/c1-17(15,16)8-2-3-11(14-13)9-4-6-10(12)7-5-9/h4-7,11,14H,2-3,8,13H2,1H3. The van der Waals surface area contributed by atoms with Crippen molar-refractivity contribution < 1.29 is 8.42 Å². The summed E-state index contributed by atoms with van der Waals surface area (Å²) in [4.78, 5) is 0. The second kappa shape index (κ2) is 6.35. The van der Waals surface area contributed by atoms with Crippen LogP contribution in [0.1, 0.15) is 24.4 Å². The van der Waals surface area contributed by atoms with E-state index in [0.29, 0.717) is 17.9 Å². The zero-order chi connectivity index (χ0) is 12.9. The maximum atomic E-state index is 11.0. The molecule has 96 valence electrons. The van der Waals surface area contributed by atoms with Crippen LogP contribution in [0, 0.1) is 0 Å². The predicted molar refractivity (Wildman–Crippen MR) is 70.5 cm³/mol. The summed E-state index contributed by atoms with van der Waals surface area (Å²) < 4.78 is 22.0. The normalized spacial score (nSPS) is 13.6. The lowest BCUT2D eigenvalue weighted by Gasteiger charge is -2.16. The molecule has 0 radical (unpaired) electrons. The first kappa shape index (κ1) is 14.4. The largest absolute Gasteiger partial charge is 0.271 e. The van der Waals surface area contributed by atoms with Gasteiger partial charge in [0.25, 0.3) is 0 Å². The number of hydrogen-bond donors (Lipinski definition) is 2. The first-order valence-corrected chi connectivity index (χ1v) is 7.75. The van der Waals surface area contributed by atoms with E-state index >= 15 is 0 Å². The van der Waals surface area contributed by atoms with E-state index < -0.39 is 9.84 Å². The Bertz CT molecular complexity index is 445. The Kier molecular flexibility index (Phi) is 5.39. The molecule has 3 N–H and O–H groups in total. The molecule has 0 saturated heterocycles. The Morgan fingerprint density at radius 1 is 1.35 bits per heavy atom. The first-order chi connectivity index (χ1) is 7.92. The molecule has 0 aromatic heterocycles. The maximum absolute atomic E-state index is 11.0. The molecule has 0 aliphatic heterocycles. The molecular formula is C11H17ClN2O2S. The van der Waals surface area contributed by atoms with Crippen LogP contribution in [0.25, 0.3) is 0 Å². The SMILES string of the molecule is CS(=O)(=O)CCCC(NN)c1ccc(Cl)cc1. The summed E-state index contributed by atoms with van der Waals surface area (Å²) in [6.45, 7) is 0. The zero-order valence-corrected chi connectivity index (χ0v) is 11.3. The summed E-state index contributed by atoms with van der Waals surface area (Å²) in [6.07, 6.45) is 2.49. The first-order valence-electron chi connectivity index (χ1n) is 5.31. The minimum absolute atomic E-state index is 0.0472. The molecular weight excluding hydrogens is 260 g/mol. The van der Waals surface area contributed by atoms with E-state index in [2.05, 4.69) is 5.43 Å². The lowest BCUT2D eigenvalue weighted by Crippen LogP contribution is -2.28. The molecule has 0 saturated carbocycles. The topological polar surface area (TPSA) is 72.2 Å². The van der Waals surface area contributed by atoms with Crippen LogP contribution < -0.4 is 11.3 Å². The number of hydrogen-bond acceptors (Lipinski definition) is 4. The number of benzene rings is 1. The highest BCUT2D eigenvalue weighted by atomic mass is 35.5. The van der Waals surface area contributed by atoms with Gasteiger partial charge in [-0.3, -0.25) is 11.3 Å². The fourth-order valence-corrected chi connectivity index (χ4v) is 2.41. The summed E-state index contributed by atoms with van der Waals surface area (Å²) in [6, 6.07) is 7.30. The van der Waals surface area contributed by atoms with Gasteiger partial charge in [-0.2, -0.15) is 0 Å². The van der Waals surface area contributed by atoms with Crippen molar-refractivity contribution in [3.8, 4) is 0 Å². The van der Waals surface area contributed by atoms with Crippen LogP contribution in [0.4, 0.5) is 0 Å². The van der Waals surface area contributed by atoms with E-state index in [-0.39, 0.29) is 11.8 Å². The molecule has 0 aliphatic rings. The highest BCUT2D eigenvalue weighted by Crippen LogP contribution is 2.20. The van der Waals surface area contributed by atoms with Crippen LogP contribution in [-0.2, 0) is 9.84 Å². The average Bonchev–Trinajstić information content (AvgIpc) is 2.24. The minimum Gasteiger partial charge on any atom is -0.271 e. The van der Waals surface area contributed by atoms with Gasteiger partial charge in [0.05, 0.1) is 0 Å². The van der Waals surface area contributed by atoms with Gasteiger partial charge in [0, 0.05) is 23.1 Å². The van der Waals surface area contributed by atoms with Gasteiger partial charge in [-0.05, 0) is 30.5 Å². The summed E-state index contributed by atoms with van der Waals surface area (Å²) in [5.41, 5.74) is 3.69. The number of hydrazine groups is 1. The Balaban J connectivity index is 2.57. The number of rotatable bonds is 6. The third kappa shape index (κ3) is 5.50. The molecule has 17 heavy (non-hydrogen) atoms. The lowest BCUT2D eigenvalue weighted by atomic mass is 10.0. The molecule has 0 fully saturated rings. The number of nitrogens with one attached hydrogen (secondary N) is 1. The average molecular weight is 277 g/mol. The van der Waals surface area contributed by atoms with Gasteiger partial charge in [-0.15, -0.1) is 0 Å². The Labute approximate surface area is 107 Å². The molecule has 0 heterocycles. The molecule has 1 unspecified atom stereocenters. The minimum atomic E-state index is -2.91. The zero-order valence-electron chi connectivity index (χ0n) is 9.69. The highest BCUT2D eigenvalue weighted by molar-refractivity contribution is 7.90. The summed E-state index contributed by atoms with van der Waals surface area (Å²) in [5.74, 6) is 5.64. The molecule has 4 nitrogen and oxygen atoms in total. The molecule has 1 aromatic carbocycles. The molecule has 0 aliphatic carbocycles. The van der Waals surface area contributed by atoms with E-state index in [0.717, 1.165) is 5.56 Å². The van der Waals surface area contributed by atoms with Crippen molar-refractivity contribution in [1.82, 2.24) is 5.43 Å². The van der Waals surface area contributed by atoms with Crippen molar-refractivity contribution in [2.75, 3.05) is 12.0 Å².